The number of hydrogen-bond acceptors (Lipinski definition) is 8. The molecule has 0 atom stereocenters. The van der Waals surface area contributed by atoms with E-state index in [-0.39, 0.29) is 21.4 Å². The lowest BCUT2D eigenvalue weighted by atomic mass is 10.1. The summed E-state index contributed by atoms with van der Waals surface area (Å²) in [6.45, 7) is 0. The van der Waals surface area contributed by atoms with Gasteiger partial charge in [0.2, 0.25) is 0 Å². The van der Waals surface area contributed by atoms with Gasteiger partial charge in [-0.2, -0.15) is 0 Å². The first-order valence-corrected chi connectivity index (χ1v) is 13.5. The Hall–Kier alpha value is -3.38. The largest absolute Gasteiger partial charge is 0.506 e. The maximum Gasteiger partial charge on any atom is 0.289 e. The van der Waals surface area contributed by atoms with Crippen molar-refractivity contribution >= 4 is 77.1 Å². The Bertz CT molecular complexity index is 1700. The summed E-state index contributed by atoms with van der Waals surface area (Å²) in [7, 11) is -4.22. The second-order valence-electron chi connectivity index (χ2n) is 7.34. The lowest BCUT2D eigenvalue weighted by molar-refractivity contribution is -0.384. The molecule has 0 unspecified atom stereocenters. The number of thiazole rings is 1. The summed E-state index contributed by atoms with van der Waals surface area (Å²) in [5.41, 5.74) is 0.516. The van der Waals surface area contributed by atoms with Crippen LogP contribution in [0.25, 0.3) is 21.0 Å². The van der Waals surface area contributed by atoms with Gasteiger partial charge in [0, 0.05) is 16.8 Å². The standard InChI is InChI=1S/C23H14ClN3O5S3/c24-16-10-9-13(11-19(16)27(29)30)35(31,32)26-18-12-21(22(28)15-6-2-1-5-14(15)18)34-23-25-17-7-3-4-8-20(17)33-23/h1-12,26,28H. The molecule has 2 N–H and O–H groups in total. The highest BCUT2D eigenvalue weighted by Crippen LogP contribution is 2.44. The molecule has 35 heavy (non-hydrogen) atoms. The Balaban J connectivity index is 1.59. The maximum absolute atomic E-state index is 13.1. The molecule has 0 fully saturated rings. The molecule has 1 heterocycles. The summed E-state index contributed by atoms with van der Waals surface area (Å²) in [5.74, 6) is -0.00469. The molecule has 0 bridgehead atoms. The van der Waals surface area contributed by atoms with E-state index in [9.17, 15) is 23.6 Å². The monoisotopic (exact) mass is 543 g/mol. The minimum Gasteiger partial charge on any atom is -0.506 e. The molecule has 5 aromatic rings. The van der Waals surface area contributed by atoms with Crippen molar-refractivity contribution in [2.75, 3.05) is 4.72 Å². The second kappa shape index (κ2) is 9.00. The molecular weight excluding hydrogens is 530 g/mol. The van der Waals surface area contributed by atoms with Gasteiger partial charge in [-0.3, -0.25) is 14.8 Å². The maximum atomic E-state index is 13.1. The number of phenolic OH excluding ortho intramolecular Hbond substituents is 1. The smallest absolute Gasteiger partial charge is 0.289 e. The molecule has 0 saturated carbocycles. The first-order valence-electron chi connectivity index (χ1n) is 9.98. The predicted molar refractivity (Wildman–Crippen MR) is 138 cm³/mol. The molecule has 0 aliphatic heterocycles. The molecule has 0 aliphatic carbocycles. The molecule has 4 aromatic carbocycles. The van der Waals surface area contributed by atoms with Crippen LogP contribution < -0.4 is 4.72 Å². The number of sulfonamides is 1. The lowest BCUT2D eigenvalue weighted by Crippen LogP contribution is -2.13. The number of halogens is 1. The van der Waals surface area contributed by atoms with Crippen LogP contribution in [-0.2, 0) is 10.0 Å². The van der Waals surface area contributed by atoms with Crippen molar-refractivity contribution in [3.63, 3.8) is 0 Å². The highest BCUT2D eigenvalue weighted by Gasteiger charge is 2.23. The number of benzene rings is 4. The van der Waals surface area contributed by atoms with Crippen molar-refractivity contribution < 1.29 is 18.4 Å². The third kappa shape index (κ3) is 4.50. The molecule has 8 nitrogen and oxygen atoms in total. The van der Waals surface area contributed by atoms with Crippen LogP contribution >= 0.6 is 34.7 Å². The molecule has 0 saturated heterocycles. The zero-order valence-electron chi connectivity index (χ0n) is 17.5. The van der Waals surface area contributed by atoms with E-state index in [2.05, 4.69) is 9.71 Å². The first kappa shape index (κ1) is 23.4. The normalized spacial score (nSPS) is 11.7. The van der Waals surface area contributed by atoms with Gasteiger partial charge >= 0.3 is 0 Å². The van der Waals surface area contributed by atoms with Crippen molar-refractivity contribution in [3.8, 4) is 5.75 Å². The molecule has 0 radical (unpaired) electrons. The summed E-state index contributed by atoms with van der Waals surface area (Å²) in [4.78, 5) is 15.1. The number of para-hydroxylation sites is 1. The quantitative estimate of drug-likeness (QED) is 0.139. The number of anilines is 1. The van der Waals surface area contributed by atoms with Crippen LogP contribution in [0, 0.1) is 10.1 Å². The number of hydrogen-bond donors (Lipinski definition) is 2. The van der Waals surface area contributed by atoms with Gasteiger partial charge in [0.1, 0.15) is 10.8 Å². The van der Waals surface area contributed by atoms with E-state index < -0.39 is 20.6 Å². The number of nitrogens with one attached hydrogen (secondary N) is 1. The molecule has 0 spiro atoms. The first-order chi connectivity index (χ1) is 16.7. The number of aromatic hydroxyl groups is 1. The van der Waals surface area contributed by atoms with E-state index in [1.807, 2.05) is 24.3 Å². The Morgan fingerprint density at radius 2 is 1.74 bits per heavy atom. The van der Waals surface area contributed by atoms with Gasteiger partial charge in [0.15, 0.2) is 4.34 Å². The second-order valence-corrected chi connectivity index (χ2v) is 11.8. The SMILES string of the molecule is O=[N+]([O-])c1cc(S(=O)(=O)Nc2cc(Sc3nc4ccccc4s3)c(O)c3ccccc23)ccc1Cl. The third-order valence-corrected chi connectivity index (χ3v) is 8.93. The van der Waals surface area contributed by atoms with Crippen LogP contribution in [0.2, 0.25) is 5.02 Å². The van der Waals surface area contributed by atoms with Crippen LogP contribution in [-0.4, -0.2) is 23.4 Å². The average molecular weight is 544 g/mol. The minimum absolute atomic E-state index is 0.00469. The number of phenols is 1. The Labute approximate surface area is 212 Å². The van der Waals surface area contributed by atoms with Gasteiger partial charge in [-0.25, -0.2) is 13.4 Å². The topological polar surface area (TPSA) is 122 Å². The summed E-state index contributed by atoms with van der Waals surface area (Å²) in [5, 5.41) is 22.9. The Kier molecular flexibility index (Phi) is 6.01. The number of nitro benzene ring substituents is 1. The van der Waals surface area contributed by atoms with E-state index in [0.29, 0.717) is 20.0 Å². The van der Waals surface area contributed by atoms with Crippen molar-refractivity contribution in [1.82, 2.24) is 4.98 Å². The van der Waals surface area contributed by atoms with E-state index >= 15 is 0 Å². The van der Waals surface area contributed by atoms with Gasteiger partial charge in [0.05, 0.1) is 30.6 Å². The number of rotatable bonds is 6. The van der Waals surface area contributed by atoms with Crippen molar-refractivity contribution in [3.05, 3.63) is 87.9 Å². The third-order valence-electron chi connectivity index (χ3n) is 5.12. The fourth-order valence-electron chi connectivity index (χ4n) is 3.49. The van der Waals surface area contributed by atoms with Crippen LogP contribution in [0.1, 0.15) is 0 Å². The van der Waals surface area contributed by atoms with Gasteiger partial charge < -0.3 is 5.11 Å². The Morgan fingerprint density at radius 1 is 1.03 bits per heavy atom. The summed E-state index contributed by atoms with van der Waals surface area (Å²) < 4.78 is 30.5. The lowest BCUT2D eigenvalue weighted by Gasteiger charge is -2.14. The van der Waals surface area contributed by atoms with Crippen LogP contribution in [0.5, 0.6) is 5.75 Å². The highest BCUT2D eigenvalue weighted by molar-refractivity contribution is 8.01. The molecule has 0 aliphatic rings. The predicted octanol–water partition coefficient (Wildman–Crippen LogP) is 6.67. The Morgan fingerprint density at radius 3 is 2.49 bits per heavy atom. The number of nitro groups is 1. The highest BCUT2D eigenvalue weighted by atomic mass is 35.5. The molecule has 5 rings (SSSR count). The van der Waals surface area contributed by atoms with Gasteiger partial charge in [-0.1, -0.05) is 59.8 Å². The van der Waals surface area contributed by atoms with Crippen LogP contribution in [0.3, 0.4) is 0 Å². The van der Waals surface area contributed by atoms with Crippen molar-refractivity contribution in [2.24, 2.45) is 0 Å². The van der Waals surface area contributed by atoms with Gasteiger partial charge in [-0.05, 0) is 30.3 Å². The molecule has 1 aromatic heterocycles. The van der Waals surface area contributed by atoms with E-state index in [1.54, 1.807) is 24.3 Å². The minimum atomic E-state index is -4.22. The summed E-state index contributed by atoms with van der Waals surface area (Å²) in [6, 6.07) is 19.2. The molecular formula is C23H14ClN3O5S3. The van der Waals surface area contributed by atoms with Crippen LogP contribution in [0.15, 0.2) is 86.9 Å². The fourth-order valence-corrected chi connectivity index (χ4v) is 6.88. The molecule has 12 heteroatoms. The fraction of sp³-hybridized carbons (Fsp3) is 0. The average Bonchev–Trinajstić information content (AvgIpc) is 3.24. The zero-order valence-corrected chi connectivity index (χ0v) is 20.7. The zero-order chi connectivity index (χ0) is 24.7. The van der Waals surface area contributed by atoms with Gasteiger partial charge in [0.25, 0.3) is 15.7 Å². The number of nitrogens with zero attached hydrogens (tertiary/aromatic N) is 2. The van der Waals surface area contributed by atoms with E-state index in [0.717, 1.165) is 22.3 Å². The van der Waals surface area contributed by atoms with E-state index in [4.69, 9.17) is 11.6 Å². The summed E-state index contributed by atoms with van der Waals surface area (Å²) >= 11 is 8.50. The van der Waals surface area contributed by atoms with Gasteiger partial charge in [-0.15, -0.1) is 11.3 Å². The molecule has 0 amide bonds. The summed E-state index contributed by atoms with van der Waals surface area (Å²) in [6.07, 6.45) is 0. The van der Waals surface area contributed by atoms with E-state index in [1.165, 1.54) is 35.2 Å². The van der Waals surface area contributed by atoms with Crippen molar-refractivity contribution in [2.45, 2.75) is 14.1 Å². The molecule has 176 valence electrons. The van der Waals surface area contributed by atoms with Crippen molar-refractivity contribution in [1.29, 1.82) is 0 Å². The van der Waals surface area contributed by atoms with Crippen LogP contribution in [0.4, 0.5) is 11.4 Å². The number of fused-ring (bicyclic) bond motifs is 2. The number of aromatic nitrogens is 1.